The van der Waals surface area contributed by atoms with Crippen LogP contribution in [0.3, 0.4) is 0 Å². The fraction of sp³-hybridized carbons (Fsp3) is 0.667. The van der Waals surface area contributed by atoms with Crippen molar-refractivity contribution in [3.63, 3.8) is 0 Å². The number of carboxylic acid groups (broad SMARTS) is 1. The first-order valence-corrected chi connectivity index (χ1v) is 4.78. The van der Waals surface area contributed by atoms with Gasteiger partial charge in [-0.05, 0) is 0 Å². The molecule has 16 heavy (non-hydrogen) atoms. The normalized spacial score (nSPS) is 28.8. The molecule has 0 spiro atoms. The molecule has 2 unspecified atom stereocenters. The molecule has 1 aliphatic rings. The molecule has 1 aliphatic carbocycles. The molecule has 1 N–H and O–H groups in total. The van der Waals surface area contributed by atoms with E-state index in [-0.39, 0.29) is 0 Å². The van der Waals surface area contributed by atoms with E-state index in [0.29, 0.717) is 0 Å². The summed E-state index contributed by atoms with van der Waals surface area (Å²) < 4.78 is 40.8. The summed E-state index contributed by atoms with van der Waals surface area (Å²) in [6, 6.07) is 0. The zero-order chi connectivity index (χ0) is 12.7. The van der Waals surface area contributed by atoms with E-state index in [1.165, 1.54) is 0 Å². The molecule has 92 valence electrons. The molecule has 0 aromatic rings. The summed E-state index contributed by atoms with van der Waals surface area (Å²) in [5, 5.41) is 7.12. The van der Waals surface area contributed by atoms with Gasteiger partial charge in [-0.15, -0.1) is 0 Å². The number of carbonyl (C=O) groups is 1. The Morgan fingerprint density at radius 1 is 1.50 bits per heavy atom. The molecule has 0 aliphatic heterocycles. The van der Waals surface area contributed by atoms with Gasteiger partial charge >= 0.3 is 12.3 Å². The largest absolute Gasteiger partial charge is 0.506 e. The minimum Gasteiger partial charge on any atom is -0.450 e. The van der Waals surface area contributed by atoms with Crippen molar-refractivity contribution in [1.82, 2.24) is 0 Å². The quantitative estimate of drug-likeness (QED) is 0.772. The molecule has 1 rings (SSSR count). The van der Waals surface area contributed by atoms with Crippen LogP contribution < -0.4 is 0 Å². The second-order valence-corrected chi connectivity index (χ2v) is 4.57. The smallest absolute Gasteiger partial charge is 0.450 e. The lowest BCUT2D eigenvalue weighted by Gasteiger charge is -2.03. The van der Waals surface area contributed by atoms with Crippen molar-refractivity contribution in [2.24, 2.45) is 11.3 Å². The van der Waals surface area contributed by atoms with Gasteiger partial charge < -0.3 is 9.84 Å². The molecule has 0 radical (unpaired) electrons. The number of alkyl halides is 3. The molecule has 0 bridgehead atoms. The van der Waals surface area contributed by atoms with E-state index in [1.807, 2.05) is 0 Å². The third-order valence-electron chi connectivity index (χ3n) is 2.63. The molecule has 0 amide bonds. The van der Waals surface area contributed by atoms with Crippen LogP contribution in [-0.2, 0) is 4.74 Å². The Hall–Kier alpha value is -0.910. The topological polar surface area (TPSA) is 46.5 Å². The predicted molar refractivity (Wildman–Crippen MR) is 50.2 cm³/mol. The third-order valence-corrected chi connectivity index (χ3v) is 2.97. The first-order valence-electron chi connectivity index (χ1n) is 4.41. The van der Waals surface area contributed by atoms with Gasteiger partial charge in [-0.1, -0.05) is 31.5 Å². The van der Waals surface area contributed by atoms with Crippen LogP contribution in [0.25, 0.3) is 0 Å². The second kappa shape index (κ2) is 3.84. The van der Waals surface area contributed by atoms with Gasteiger partial charge in [0.25, 0.3) is 0 Å². The predicted octanol–water partition coefficient (Wildman–Crippen LogP) is 3.39. The maximum Gasteiger partial charge on any atom is 0.506 e. The summed E-state index contributed by atoms with van der Waals surface area (Å²) in [6.07, 6.45) is -6.08. The highest BCUT2D eigenvalue weighted by atomic mass is 35.5. The number of halogens is 4. The number of ether oxygens (including phenoxy) is 1. The van der Waals surface area contributed by atoms with Crippen LogP contribution in [0.1, 0.15) is 13.8 Å². The lowest BCUT2D eigenvalue weighted by Crippen LogP contribution is -2.08. The lowest BCUT2D eigenvalue weighted by molar-refractivity contribution is -0.0848. The molecular weight excluding hydrogens is 249 g/mol. The van der Waals surface area contributed by atoms with E-state index in [2.05, 4.69) is 4.74 Å². The van der Waals surface area contributed by atoms with Crippen molar-refractivity contribution in [3.8, 4) is 0 Å². The molecule has 1 fully saturated rings. The molecule has 0 aromatic heterocycles. The lowest BCUT2D eigenvalue weighted by atomic mass is 10.1. The van der Waals surface area contributed by atoms with Crippen molar-refractivity contribution in [3.05, 3.63) is 11.1 Å². The van der Waals surface area contributed by atoms with Crippen LogP contribution >= 0.6 is 11.6 Å². The molecular formula is C9H10ClF3O3. The van der Waals surface area contributed by atoms with Gasteiger partial charge in [-0.3, -0.25) is 0 Å². The minimum absolute atomic E-state index is 0.641. The van der Waals surface area contributed by atoms with E-state index in [4.69, 9.17) is 16.7 Å². The van der Waals surface area contributed by atoms with Gasteiger partial charge in [0.1, 0.15) is 11.1 Å². The molecule has 0 aromatic carbocycles. The number of rotatable bonds is 2. The molecule has 3 nitrogen and oxygen atoms in total. The molecule has 0 heterocycles. The van der Waals surface area contributed by atoms with Crippen molar-refractivity contribution >= 4 is 17.8 Å². The van der Waals surface area contributed by atoms with Crippen LogP contribution in [0.4, 0.5) is 18.0 Å². The van der Waals surface area contributed by atoms with Gasteiger partial charge in [-0.25, -0.2) is 4.79 Å². The first kappa shape index (κ1) is 13.2. The van der Waals surface area contributed by atoms with E-state index in [1.54, 1.807) is 13.8 Å². The van der Waals surface area contributed by atoms with Gasteiger partial charge in [0.2, 0.25) is 0 Å². The van der Waals surface area contributed by atoms with Crippen molar-refractivity contribution < 1.29 is 27.8 Å². The SMILES string of the molecule is CC1(C)C(C=C(Cl)C(F)(F)F)C1OC(=O)O. The molecule has 0 saturated heterocycles. The highest BCUT2D eigenvalue weighted by molar-refractivity contribution is 6.30. The maximum absolute atomic E-state index is 12.1. The van der Waals surface area contributed by atoms with Crippen LogP contribution in [0, 0.1) is 11.3 Å². The molecule has 2 atom stereocenters. The van der Waals surface area contributed by atoms with E-state index in [9.17, 15) is 18.0 Å². The minimum atomic E-state index is -4.60. The highest BCUT2D eigenvalue weighted by Crippen LogP contribution is 2.56. The second-order valence-electron chi connectivity index (χ2n) is 4.16. The summed E-state index contributed by atoms with van der Waals surface area (Å²) in [7, 11) is 0. The standard InChI is InChI=1S/C9H10ClF3O3/c1-8(2)4(6(8)16-7(14)15)3-5(10)9(11,12)13/h3-4,6H,1-2H3,(H,14,15). The maximum atomic E-state index is 12.1. The van der Waals surface area contributed by atoms with Gasteiger partial charge in [0.05, 0.1) is 0 Å². The summed E-state index contributed by atoms with van der Waals surface area (Å²) in [5.41, 5.74) is -0.649. The summed E-state index contributed by atoms with van der Waals surface area (Å²) in [4.78, 5) is 10.3. The van der Waals surface area contributed by atoms with Crippen molar-refractivity contribution in [1.29, 1.82) is 0 Å². The third kappa shape index (κ3) is 2.61. The van der Waals surface area contributed by atoms with Crippen molar-refractivity contribution in [2.45, 2.75) is 26.1 Å². The van der Waals surface area contributed by atoms with Crippen LogP contribution in [0.2, 0.25) is 0 Å². The van der Waals surface area contributed by atoms with E-state index < -0.39 is 34.8 Å². The van der Waals surface area contributed by atoms with E-state index in [0.717, 1.165) is 6.08 Å². The Bertz CT molecular complexity index is 335. The Balaban J connectivity index is 2.74. The number of hydrogen-bond donors (Lipinski definition) is 1. The van der Waals surface area contributed by atoms with Gasteiger partial charge in [-0.2, -0.15) is 13.2 Å². The Morgan fingerprint density at radius 2 is 2.00 bits per heavy atom. The zero-order valence-corrected chi connectivity index (χ0v) is 9.26. The highest BCUT2D eigenvalue weighted by Gasteiger charge is 2.60. The average Bonchev–Trinajstić information content (AvgIpc) is 2.53. The number of hydrogen-bond acceptors (Lipinski definition) is 2. The van der Waals surface area contributed by atoms with Gasteiger partial charge in [0, 0.05) is 11.3 Å². The first-order chi connectivity index (χ1) is 7.06. The van der Waals surface area contributed by atoms with Crippen molar-refractivity contribution in [2.75, 3.05) is 0 Å². The summed E-state index contributed by atoms with van der Waals surface area (Å²) in [6.45, 7) is 3.23. The Morgan fingerprint density at radius 3 is 2.38 bits per heavy atom. The Kier molecular flexibility index (Phi) is 3.15. The van der Waals surface area contributed by atoms with Crippen LogP contribution in [0.5, 0.6) is 0 Å². The van der Waals surface area contributed by atoms with Crippen LogP contribution in [0.15, 0.2) is 11.1 Å². The van der Waals surface area contributed by atoms with Gasteiger partial charge in [0.15, 0.2) is 0 Å². The fourth-order valence-electron chi connectivity index (χ4n) is 1.52. The average molecular weight is 259 g/mol. The molecule has 1 saturated carbocycles. The van der Waals surface area contributed by atoms with E-state index >= 15 is 0 Å². The monoisotopic (exact) mass is 258 g/mol. The summed E-state index contributed by atoms with van der Waals surface area (Å²) >= 11 is 5.05. The van der Waals surface area contributed by atoms with Crippen LogP contribution in [-0.4, -0.2) is 23.5 Å². The zero-order valence-electron chi connectivity index (χ0n) is 8.51. The number of allylic oxidation sites excluding steroid dienone is 1. The Labute approximate surface area is 94.8 Å². The molecule has 7 heteroatoms. The summed E-state index contributed by atoms with van der Waals surface area (Å²) in [5.74, 6) is -0.641. The fourth-order valence-corrected chi connectivity index (χ4v) is 1.65.